The molecule has 1 aromatic carbocycles. The van der Waals surface area contributed by atoms with Crippen molar-refractivity contribution in [3.8, 4) is 5.75 Å². The molecule has 4 heteroatoms. The quantitative estimate of drug-likeness (QED) is 0.910. The highest BCUT2D eigenvalue weighted by molar-refractivity contribution is 5.78. The molecule has 0 spiro atoms. The van der Waals surface area contributed by atoms with E-state index in [1.165, 1.54) is 0 Å². The number of rotatable bonds is 5. The van der Waals surface area contributed by atoms with Crippen LogP contribution < -0.4 is 10.5 Å². The number of nitrogens with two attached hydrogens (primary N) is 1. The zero-order valence-electron chi connectivity index (χ0n) is 14.1. The van der Waals surface area contributed by atoms with Gasteiger partial charge in [-0.1, -0.05) is 26.0 Å². The number of carbonyl (C=O) groups excluding carboxylic acids is 1. The monoisotopic (exact) mass is 304 g/mol. The summed E-state index contributed by atoms with van der Waals surface area (Å²) in [7, 11) is 0. The predicted octanol–water partition coefficient (Wildman–Crippen LogP) is 2.69. The molecule has 1 saturated heterocycles. The minimum absolute atomic E-state index is 0.0552. The average molecular weight is 304 g/mol. The van der Waals surface area contributed by atoms with Gasteiger partial charge in [0, 0.05) is 12.6 Å². The van der Waals surface area contributed by atoms with Crippen molar-refractivity contribution in [2.24, 2.45) is 11.7 Å². The largest absolute Gasteiger partial charge is 0.483 e. The molecular weight excluding hydrogens is 276 g/mol. The van der Waals surface area contributed by atoms with E-state index in [0.717, 1.165) is 29.8 Å². The Balaban J connectivity index is 2.01. The summed E-state index contributed by atoms with van der Waals surface area (Å²) in [5, 5.41) is 0. The smallest absolute Gasteiger partial charge is 0.260 e. The van der Waals surface area contributed by atoms with Crippen LogP contribution in [0.4, 0.5) is 0 Å². The van der Waals surface area contributed by atoms with Crippen LogP contribution in [-0.4, -0.2) is 36.5 Å². The van der Waals surface area contributed by atoms with Crippen LogP contribution in [0.3, 0.4) is 0 Å². The molecular formula is C18H28N2O2. The molecule has 2 rings (SSSR count). The summed E-state index contributed by atoms with van der Waals surface area (Å²) in [5.41, 5.74) is 8.01. The second kappa shape index (κ2) is 7.14. The van der Waals surface area contributed by atoms with Gasteiger partial charge in [0.2, 0.25) is 0 Å². The molecule has 1 heterocycles. The van der Waals surface area contributed by atoms with Crippen molar-refractivity contribution in [2.45, 2.75) is 46.1 Å². The zero-order valence-corrected chi connectivity index (χ0v) is 14.1. The lowest BCUT2D eigenvalue weighted by atomic mass is 10.0. The van der Waals surface area contributed by atoms with Crippen LogP contribution in [0.2, 0.25) is 0 Å². The van der Waals surface area contributed by atoms with Crippen molar-refractivity contribution >= 4 is 5.91 Å². The van der Waals surface area contributed by atoms with Crippen LogP contribution in [0.15, 0.2) is 18.2 Å². The third-order valence-corrected chi connectivity index (χ3v) is 4.46. The molecule has 1 amide bonds. The Hall–Kier alpha value is -1.55. The zero-order chi connectivity index (χ0) is 16.3. The van der Waals surface area contributed by atoms with E-state index in [4.69, 9.17) is 10.5 Å². The number of ether oxygens (including phenoxy) is 1. The Morgan fingerprint density at radius 1 is 1.45 bits per heavy atom. The van der Waals surface area contributed by atoms with Gasteiger partial charge in [-0.2, -0.15) is 0 Å². The summed E-state index contributed by atoms with van der Waals surface area (Å²) >= 11 is 0. The maximum atomic E-state index is 12.4. The number of aryl methyl sites for hydroxylation is 1. The van der Waals surface area contributed by atoms with Gasteiger partial charge >= 0.3 is 0 Å². The van der Waals surface area contributed by atoms with Gasteiger partial charge in [-0.15, -0.1) is 0 Å². The van der Waals surface area contributed by atoms with E-state index >= 15 is 0 Å². The summed E-state index contributed by atoms with van der Waals surface area (Å²) in [6.07, 6.45) is 0.990. The van der Waals surface area contributed by atoms with E-state index < -0.39 is 0 Å². The Morgan fingerprint density at radius 3 is 2.77 bits per heavy atom. The number of likely N-dealkylation sites (tertiary alicyclic amines) is 1. The minimum Gasteiger partial charge on any atom is -0.483 e. The number of amides is 1. The van der Waals surface area contributed by atoms with Crippen LogP contribution in [-0.2, 0) is 4.79 Å². The van der Waals surface area contributed by atoms with Crippen LogP contribution in [0, 0.1) is 12.8 Å². The fourth-order valence-electron chi connectivity index (χ4n) is 3.13. The summed E-state index contributed by atoms with van der Waals surface area (Å²) in [6.45, 7) is 9.88. The van der Waals surface area contributed by atoms with Crippen LogP contribution in [0.25, 0.3) is 0 Å². The van der Waals surface area contributed by atoms with Crippen LogP contribution >= 0.6 is 0 Å². The number of hydrogen-bond acceptors (Lipinski definition) is 3. The van der Waals surface area contributed by atoms with Crippen molar-refractivity contribution in [3.63, 3.8) is 0 Å². The lowest BCUT2D eigenvalue weighted by molar-refractivity contribution is -0.134. The lowest BCUT2D eigenvalue weighted by Gasteiger charge is -2.22. The highest BCUT2D eigenvalue weighted by Crippen LogP contribution is 2.28. The molecule has 22 heavy (non-hydrogen) atoms. The van der Waals surface area contributed by atoms with Gasteiger partial charge in [0.05, 0.1) is 0 Å². The molecule has 2 unspecified atom stereocenters. The van der Waals surface area contributed by atoms with Crippen molar-refractivity contribution < 1.29 is 9.53 Å². The van der Waals surface area contributed by atoms with Gasteiger partial charge in [-0.3, -0.25) is 4.79 Å². The van der Waals surface area contributed by atoms with Crippen LogP contribution in [0.1, 0.15) is 44.2 Å². The van der Waals surface area contributed by atoms with Crippen molar-refractivity contribution in [2.75, 3.05) is 19.7 Å². The number of nitrogens with zero attached hydrogens (tertiary/aromatic N) is 1. The van der Waals surface area contributed by atoms with Crippen LogP contribution in [0.5, 0.6) is 5.75 Å². The van der Waals surface area contributed by atoms with Gasteiger partial charge < -0.3 is 15.4 Å². The maximum Gasteiger partial charge on any atom is 0.260 e. The molecule has 122 valence electrons. The molecule has 0 bridgehead atoms. The lowest BCUT2D eigenvalue weighted by Crippen LogP contribution is -2.37. The third kappa shape index (κ3) is 3.80. The fourth-order valence-corrected chi connectivity index (χ4v) is 3.13. The first-order valence-electron chi connectivity index (χ1n) is 8.15. The molecule has 0 radical (unpaired) electrons. The summed E-state index contributed by atoms with van der Waals surface area (Å²) in [6, 6.07) is 6.44. The van der Waals surface area contributed by atoms with E-state index in [2.05, 4.69) is 32.9 Å². The molecule has 1 fully saturated rings. The summed E-state index contributed by atoms with van der Waals surface area (Å²) in [5.74, 6) is 1.67. The normalized spacial score (nSPS) is 21.5. The highest BCUT2D eigenvalue weighted by atomic mass is 16.5. The molecule has 0 aromatic heterocycles. The van der Waals surface area contributed by atoms with Gasteiger partial charge in [0.25, 0.3) is 5.91 Å². The predicted molar refractivity (Wildman–Crippen MR) is 89.1 cm³/mol. The summed E-state index contributed by atoms with van der Waals surface area (Å²) in [4.78, 5) is 14.3. The molecule has 2 atom stereocenters. The van der Waals surface area contributed by atoms with Gasteiger partial charge in [0.1, 0.15) is 5.75 Å². The topological polar surface area (TPSA) is 55.6 Å². The van der Waals surface area contributed by atoms with E-state index in [9.17, 15) is 4.79 Å². The first kappa shape index (κ1) is 16.8. The molecule has 1 aliphatic heterocycles. The first-order chi connectivity index (χ1) is 10.4. The van der Waals surface area contributed by atoms with Gasteiger partial charge in [-0.25, -0.2) is 0 Å². The first-order valence-corrected chi connectivity index (χ1v) is 8.15. The minimum atomic E-state index is 0.0552. The Kier molecular flexibility index (Phi) is 5.46. The van der Waals surface area contributed by atoms with Crippen molar-refractivity contribution in [1.82, 2.24) is 4.90 Å². The SMILES string of the molecule is Cc1ccc(C(C)C)c(OCC(=O)N2CC(CN)CC2C)c1. The Bertz CT molecular complexity index is 528. The highest BCUT2D eigenvalue weighted by Gasteiger charge is 2.31. The van der Waals surface area contributed by atoms with Crippen molar-refractivity contribution in [3.05, 3.63) is 29.3 Å². The van der Waals surface area contributed by atoms with E-state index in [1.54, 1.807) is 0 Å². The molecule has 1 aliphatic rings. The summed E-state index contributed by atoms with van der Waals surface area (Å²) < 4.78 is 5.85. The van der Waals surface area contributed by atoms with E-state index in [-0.39, 0.29) is 18.6 Å². The number of hydrogen-bond donors (Lipinski definition) is 1. The maximum absolute atomic E-state index is 12.4. The van der Waals surface area contributed by atoms with E-state index in [1.807, 2.05) is 17.9 Å². The molecule has 2 N–H and O–H groups in total. The molecule has 1 aromatic rings. The fraction of sp³-hybridized carbons (Fsp3) is 0.611. The van der Waals surface area contributed by atoms with E-state index in [0.29, 0.717) is 18.4 Å². The molecule has 0 aliphatic carbocycles. The third-order valence-electron chi connectivity index (χ3n) is 4.46. The molecule has 0 saturated carbocycles. The average Bonchev–Trinajstić information content (AvgIpc) is 2.85. The number of benzene rings is 1. The Labute approximate surface area is 133 Å². The van der Waals surface area contributed by atoms with Gasteiger partial charge in [0.15, 0.2) is 6.61 Å². The van der Waals surface area contributed by atoms with Gasteiger partial charge in [-0.05, 0) is 55.8 Å². The Morgan fingerprint density at radius 2 is 2.18 bits per heavy atom. The molecule has 4 nitrogen and oxygen atoms in total. The number of carbonyl (C=O) groups is 1. The second-order valence-electron chi connectivity index (χ2n) is 6.72. The second-order valence-corrected chi connectivity index (χ2v) is 6.72. The standard InChI is InChI=1S/C18H28N2O2/c1-12(2)16-6-5-13(3)7-17(16)22-11-18(21)20-10-15(9-19)8-14(20)4/h5-7,12,14-15H,8-11,19H2,1-4H3. The van der Waals surface area contributed by atoms with Crippen molar-refractivity contribution in [1.29, 1.82) is 0 Å².